The first-order chi connectivity index (χ1) is 19.0. The zero-order valence-corrected chi connectivity index (χ0v) is 26.2. The topological polar surface area (TPSA) is 66.0 Å². The Balaban J connectivity index is 1.55. The third-order valence-corrected chi connectivity index (χ3v) is 9.70. The molecule has 0 aliphatic heterocycles. The van der Waals surface area contributed by atoms with Gasteiger partial charge in [0, 0.05) is 35.7 Å². The zero-order chi connectivity index (χ0) is 29.3. The molecule has 6 nitrogen and oxygen atoms in total. The summed E-state index contributed by atoms with van der Waals surface area (Å²) in [5, 5.41) is 3.45. The number of anilines is 2. The largest absolute Gasteiger partial charge is 0.501 e. The highest BCUT2D eigenvalue weighted by molar-refractivity contribution is 6.60. The Bertz CT molecular complexity index is 1200. The van der Waals surface area contributed by atoms with Gasteiger partial charge in [-0.2, -0.15) is 0 Å². The fraction of sp³-hybridized carbons (Fsp3) is 0.424. The van der Waals surface area contributed by atoms with Gasteiger partial charge in [0.1, 0.15) is 0 Å². The quantitative estimate of drug-likeness (QED) is 0.121. The molecule has 3 rings (SSSR count). The van der Waals surface area contributed by atoms with E-state index in [2.05, 4.69) is 61.6 Å². The van der Waals surface area contributed by atoms with Crippen molar-refractivity contribution in [2.24, 2.45) is 0 Å². The maximum atomic E-state index is 12.7. The molecule has 40 heavy (non-hydrogen) atoms. The molecule has 0 aromatic heterocycles. The molecule has 7 heteroatoms. The molecular weight excluding hydrogens is 518 g/mol. The molecule has 0 spiro atoms. The minimum absolute atomic E-state index is 0.0184. The molecule has 0 fully saturated rings. The van der Waals surface area contributed by atoms with E-state index in [1.807, 2.05) is 65.8 Å². The van der Waals surface area contributed by atoms with Gasteiger partial charge in [-0.05, 0) is 120 Å². The second-order valence-corrected chi connectivity index (χ2v) is 13.6. The molecule has 0 heterocycles. The summed E-state index contributed by atoms with van der Waals surface area (Å²) in [5.74, 6) is -0.342. The molecule has 1 N–H and O–H groups in total. The normalized spacial score (nSPS) is 11.9. The molecule has 0 aliphatic rings. The van der Waals surface area contributed by atoms with E-state index in [1.54, 1.807) is 0 Å². The van der Waals surface area contributed by atoms with Crippen LogP contribution in [-0.2, 0) is 18.0 Å². The number of nitrogens with one attached hydrogen (secondary N) is 1. The van der Waals surface area contributed by atoms with Crippen molar-refractivity contribution in [1.29, 1.82) is 0 Å². The molecular formula is C33H45NO5Si. The SMILES string of the molecule is Cc1ccc(Nc2ccc(-c3ccc(C(=O)OCCC[Si](OC(C)C)(OC(C)C)OC(C)C)cc3)cc2)cc1C. The average molecular weight is 564 g/mol. The van der Waals surface area contributed by atoms with E-state index in [0.29, 0.717) is 18.0 Å². The summed E-state index contributed by atoms with van der Waals surface area (Å²) in [6, 6.07) is 22.7. The number of aryl methyl sites for hydroxylation is 2. The van der Waals surface area contributed by atoms with Crippen LogP contribution in [0.3, 0.4) is 0 Å². The van der Waals surface area contributed by atoms with Gasteiger partial charge in [0.25, 0.3) is 0 Å². The summed E-state index contributed by atoms with van der Waals surface area (Å²) in [7, 11) is -2.91. The van der Waals surface area contributed by atoms with Crippen molar-refractivity contribution in [3.63, 3.8) is 0 Å². The lowest BCUT2D eigenvalue weighted by Gasteiger charge is -2.34. The van der Waals surface area contributed by atoms with E-state index in [9.17, 15) is 4.79 Å². The van der Waals surface area contributed by atoms with Gasteiger partial charge in [-0.1, -0.05) is 30.3 Å². The number of ether oxygens (including phenoxy) is 1. The van der Waals surface area contributed by atoms with Gasteiger partial charge in [0.2, 0.25) is 0 Å². The minimum atomic E-state index is -2.91. The van der Waals surface area contributed by atoms with Gasteiger partial charge in [0.15, 0.2) is 0 Å². The van der Waals surface area contributed by atoms with Crippen LogP contribution in [0.15, 0.2) is 66.7 Å². The molecule has 0 unspecified atom stereocenters. The third kappa shape index (κ3) is 9.59. The minimum Gasteiger partial charge on any atom is -0.462 e. The van der Waals surface area contributed by atoms with Crippen LogP contribution >= 0.6 is 0 Å². The maximum Gasteiger partial charge on any atom is 0.501 e. The van der Waals surface area contributed by atoms with Crippen LogP contribution in [0.4, 0.5) is 11.4 Å². The molecule has 3 aromatic rings. The van der Waals surface area contributed by atoms with E-state index in [1.165, 1.54) is 11.1 Å². The highest BCUT2D eigenvalue weighted by Crippen LogP contribution is 2.26. The van der Waals surface area contributed by atoms with Crippen LogP contribution in [0, 0.1) is 13.8 Å². The monoisotopic (exact) mass is 563 g/mol. The van der Waals surface area contributed by atoms with Crippen molar-refractivity contribution in [1.82, 2.24) is 0 Å². The number of carbonyl (C=O) groups is 1. The lowest BCUT2D eigenvalue weighted by Crippen LogP contribution is -2.50. The van der Waals surface area contributed by atoms with Gasteiger partial charge in [0.05, 0.1) is 12.2 Å². The number of carbonyl (C=O) groups excluding carboxylic acids is 1. The first-order valence-electron chi connectivity index (χ1n) is 14.2. The third-order valence-electron chi connectivity index (χ3n) is 6.24. The van der Waals surface area contributed by atoms with Gasteiger partial charge in [-0.25, -0.2) is 4.79 Å². The number of esters is 1. The standard InChI is InChI=1S/C33H45NO5Si/c1-23(2)37-40(38-24(3)4,39-25(5)6)21-9-20-36-33(35)30-13-11-28(12-14-30)29-15-18-31(19-16-29)34-32-17-10-26(7)27(8)22-32/h10-19,22-25,34H,9,20-21H2,1-8H3. The Hall–Kier alpha value is -2.97. The second kappa shape index (κ2) is 14.6. The molecule has 0 aliphatic carbocycles. The fourth-order valence-electron chi connectivity index (χ4n) is 4.40. The molecule has 0 radical (unpaired) electrons. The Morgan fingerprint density at radius 1 is 0.700 bits per heavy atom. The predicted octanol–water partition coefficient (Wildman–Crippen LogP) is 8.47. The van der Waals surface area contributed by atoms with E-state index < -0.39 is 8.80 Å². The van der Waals surface area contributed by atoms with Crippen molar-refractivity contribution in [2.45, 2.75) is 86.2 Å². The number of rotatable bonds is 14. The summed E-state index contributed by atoms with van der Waals surface area (Å²) in [6.07, 6.45) is 0.547. The number of hydrogen-bond acceptors (Lipinski definition) is 6. The van der Waals surface area contributed by atoms with E-state index >= 15 is 0 Å². The summed E-state index contributed by atoms with van der Waals surface area (Å²) >= 11 is 0. The summed E-state index contributed by atoms with van der Waals surface area (Å²) < 4.78 is 24.2. The van der Waals surface area contributed by atoms with Gasteiger partial charge < -0.3 is 23.3 Å². The molecule has 0 saturated heterocycles. The van der Waals surface area contributed by atoms with Gasteiger partial charge in [-0.15, -0.1) is 0 Å². The Morgan fingerprint density at radius 2 is 1.20 bits per heavy atom. The van der Waals surface area contributed by atoms with Crippen molar-refractivity contribution in [3.8, 4) is 11.1 Å². The first kappa shape index (κ1) is 31.6. The lowest BCUT2D eigenvalue weighted by molar-refractivity contribution is 0.00113. The van der Waals surface area contributed by atoms with Gasteiger partial charge in [-0.3, -0.25) is 0 Å². The molecule has 0 saturated carbocycles. The van der Waals surface area contributed by atoms with Crippen molar-refractivity contribution in [3.05, 3.63) is 83.4 Å². The predicted molar refractivity (Wildman–Crippen MR) is 165 cm³/mol. The molecule has 3 aromatic carbocycles. The Morgan fingerprint density at radius 3 is 1.70 bits per heavy atom. The Kier molecular flexibility index (Phi) is 11.5. The van der Waals surface area contributed by atoms with E-state index in [-0.39, 0.29) is 30.9 Å². The smallest absolute Gasteiger partial charge is 0.462 e. The fourth-order valence-corrected chi connectivity index (χ4v) is 7.66. The summed E-state index contributed by atoms with van der Waals surface area (Å²) in [6.45, 7) is 16.4. The van der Waals surface area contributed by atoms with Crippen LogP contribution in [0.1, 0.15) is 69.4 Å². The van der Waals surface area contributed by atoms with Gasteiger partial charge >= 0.3 is 14.8 Å². The molecule has 0 bridgehead atoms. The molecule has 0 amide bonds. The summed E-state index contributed by atoms with van der Waals surface area (Å²) in [4.78, 5) is 12.7. The van der Waals surface area contributed by atoms with E-state index in [0.717, 1.165) is 22.5 Å². The van der Waals surface area contributed by atoms with Crippen molar-refractivity contribution >= 4 is 26.1 Å². The molecule has 0 atom stereocenters. The van der Waals surface area contributed by atoms with E-state index in [4.69, 9.17) is 18.0 Å². The molecule has 216 valence electrons. The van der Waals surface area contributed by atoms with Crippen molar-refractivity contribution < 1.29 is 22.8 Å². The Labute approximate surface area is 241 Å². The number of benzene rings is 3. The highest BCUT2D eigenvalue weighted by atomic mass is 28.4. The van der Waals surface area contributed by atoms with Crippen LogP contribution < -0.4 is 5.32 Å². The highest BCUT2D eigenvalue weighted by Gasteiger charge is 2.43. The second-order valence-electron chi connectivity index (χ2n) is 11.0. The number of hydrogen-bond donors (Lipinski definition) is 1. The summed E-state index contributed by atoms with van der Waals surface area (Å²) in [5.41, 5.74) is 7.27. The van der Waals surface area contributed by atoms with Crippen LogP contribution in [-0.4, -0.2) is 39.7 Å². The van der Waals surface area contributed by atoms with Crippen LogP contribution in [0.2, 0.25) is 6.04 Å². The zero-order valence-electron chi connectivity index (χ0n) is 25.2. The average Bonchev–Trinajstić information content (AvgIpc) is 2.88. The first-order valence-corrected chi connectivity index (χ1v) is 16.1. The van der Waals surface area contributed by atoms with Crippen molar-refractivity contribution in [2.75, 3.05) is 11.9 Å². The lowest BCUT2D eigenvalue weighted by atomic mass is 10.0. The maximum absolute atomic E-state index is 12.7. The van der Waals surface area contributed by atoms with Crippen LogP contribution in [0.25, 0.3) is 11.1 Å². The van der Waals surface area contributed by atoms with Crippen LogP contribution in [0.5, 0.6) is 0 Å².